The number of aliphatic carboxylic acids is 1. The maximum Gasteiger partial charge on any atom is 0.322 e. The number of carbonyl (C=O) groups excluding carboxylic acids is 2. The number of phenolic OH excluding ortho intramolecular Hbond substituents is 1. The van der Waals surface area contributed by atoms with Crippen molar-refractivity contribution in [3.63, 3.8) is 0 Å². The molecule has 9 heteroatoms. The number of carboxylic acids is 1. The molecule has 0 radical (unpaired) electrons. The van der Waals surface area contributed by atoms with E-state index in [1.807, 2.05) is 0 Å². The van der Waals surface area contributed by atoms with Crippen molar-refractivity contribution < 1.29 is 24.6 Å². The normalized spacial score (nSPS) is 13.1. The molecule has 0 aromatic heterocycles. The predicted octanol–water partition coefficient (Wildman–Crippen LogP) is 0.969. The van der Waals surface area contributed by atoms with Crippen LogP contribution in [0.2, 0.25) is 0 Å². The number of hydrogen-bond acceptors (Lipinski definition) is 6. The summed E-state index contributed by atoms with van der Waals surface area (Å²) < 4.78 is 0. The summed E-state index contributed by atoms with van der Waals surface area (Å²) in [6.45, 7) is 0.117. The molecule has 1 aliphatic heterocycles. The van der Waals surface area contributed by atoms with Crippen LogP contribution in [0.25, 0.3) is 6.08 Å². The number of nitrogens with one attached hydrogen (secondary N) is 1. The molecule has 2 amide bonds. The molecule has 0 unspecified atom stereocenters. The summed E-state index contributed by atoms with van der Waals surface area (Å²) in [6, 6.07) is 8.28. The fourth-order valence-electron chi connectivity index (χ4n) is 3.37. The standard InChI is InChI=1S/C21H22N4O5/c22-15-9-13-11-25(17(27)6-5-12-3-1-2-4-16(12)26)8-7-14(13)20(23)19(15)21(30)24-10-18(28)29/h1-6,9,26H,7-8,10-11,22-23H2,(H,24,30)(H,28,29)/b6-5+. The molecule has 0 aliphatic carbocycles. The van der Waals surface area contributed by atoms with Crippen molar-refractivity contribution in [2.24, 2.45) is 0 Å². The summed E-state index contributed by atoms with van der Waals surface area (Å²) in [5.74, 6) is -1.98. The molecule has 156 valence electrons. The molecular weight excluding hydrogens is 388 g/mol. The number of hydrogen-bond donors (Lipinski definition) is 5. The number of nitrogens with zero attached hydrogens (tertiary/aromatic N) is 1. The number of aromatic hydroxyl groups is 1. The Balaban J connectivity index is 1.78. The molecule has 7 N–H and O–H groups in total. The minimum absolute atomic E-state index is 0.0502. The van der Waals surface area contributed by atoms with Crippen molar-refractivity contribution in [1.29, 1.82) is 0 Å². The van der Waals surface area contributed by atoms with Crippen LogP contribution in [0.15, 0.2) is 36.4 Å². The fourth-order valence-corrected chi connectivity index (χ4v) is 3.37. The lowest BCUT2D eigenvalue weighted by atomic mass is 9.93. The second-order valence-corrected chi connectivity index (χ2v) is 6.87. The lowest BCUT2D eigenvalue weighted by Crippen LogP contribution is -2.36. The maximum atomic E-state index is 12.6. The van der Waals surface area contributed by atoms with Gasteiger partial charge in [0.25, 0.3) is 5.91 Å². The number of anilines is 2. The Morgan fingerprint density at radius 2 is 1.93 bits per heavy atom. The number of carbonyl (C=O) groups is 3. The van der Waals surface area contributed by atoms with E-state index in [4.69, 9.17) is 16.6 Å². The molecule has 30 heavy (non-hydrogen) atoms. The first kappa shape index (κ1) is 20.7. The minimum Gasteiger partial charge on any atom is -0.507 e. The number of nitrogens with two attached hydrogens (primary N) is 2. The molecule has 1 heterocycles. The van der Waals surface area contributed by atoms with Gasteiger partial charge >= 0.3 is 5.97 Å². The van der Waals surface area contributed by atoms with Gasteiger partial charge in [0.1, 0.15) is 12.3 Å². The van der Waals surface area contributed by atoms with E-state index in [0.29, 0.717) is 18.5 Å². The van der Waals surface area contributed by atoms with Crippen LogP contribution in [0.1, 0.15) is 27.0 Å². The van der Waals surface area contributed by atoms with Crippen LogP contribution < -0.4 is 16.8 Å². The monoisotopic (exact) mass is 410 g/mol. The molecule has 0 atom stereocenters. The quantitative estimate of drug-likeness (QED) is 0.363. The first-order chi connectivity index (χ1) is 14.3. The van der Waals surface area contributed by atoms with Gasteiger partial charge in [-0.15, -0.1) is 0 Å². The van der Waals surface area contributed by atoms with Crippen LogP contribution in [0.3, 0.4) is 0 Å². The first-order valence-corrected chi connectivity index (χ1v) is 9.22. The van der Waals surface area contributed by atoms with Crippen molar-refractivity contribution in [3.8, 4) is 5.75 Å². The molecule has 2 aromatic carbocycles. The average Bonchev–Trinajstić information content (AvgIpc) is 2.71. The highest BCUT2D eigenvalue weighted by molar-refractivity contribution is 6.06. The predicted molar refractivity (Wildman–Crippen MR) is 111 cm³/mol. The van der Waals surface area contributed by atoms with Gasteiger partial charge in [-0.3, -0.25) is 14.4 Å². The van der Waals surface area contributed by atoms with Crippen molar-refractivity contribution in [1.82, 2.24) is 10.2 Å². The highest BCUT2D eigenvalue weighted by Crippen LogP contribution is 2.32. The smallest absolute Gasteiger partial charge is 0.322 e. The molecule has 0 bridgehead atoms. The molecule has 3 rings (SSSR count). The van der Waals surface area contributed by atoms with E-state index < -0.39 is 18.4 Å². The van der Waals surface area contributed by atoms with Gasteiger partial charge in [0, 0.05) is 30.4 Å². The molecule has 9 nitrogen and oxygen atoms in total. The van der Waals surface area contributed by atoms with Crippen LogP contribution >= 0.6 is 0 Å². The number of benzene rings is 2. The molecule has 1 aliphatic rings. The van der Waals surface area contributed by atoms with Gasteiger partial charge in [-0.2, -0.15) is 0 Å². The summed E-state index contributed by atoms with van der Waals surface area (Å²) in [4.78, 5) is 37.1. The van der Waals surface area contributed by atoms with Gasteiger partial charge in [0.2, 0.25) is 5.91 Å². The number of nitrogen functional groups attached to an aromatic ring is 2. The maximum absolute atomic E-state index is 12.6. The van der Waals surface area contributed by atoms with Crippen molar-refractivity contribution in [2.75, 3.05) is 24.6 Å². The molecular formula is C21H22N4O5. The molecule has 0 spiro atoms. The largest absolute Gasteiger partial charge is 0.507 e. The molecule has 0 saturated carbocycles. The number of rotatable bonds is 5. The number of amides is 2. The van der Waals surface area contributed by atoms with Gasteiger partial charge in [-0.1, -0.05) is 18.2 Å². The highest BCUT2D eigenvalue weighted by atomic mass is 16.4. The number of para-hydroxylation sites is 1. The zero-order valence-corrected chi connectivity index (χ0v) is 16.1. The number of carboxylic acid groups (broad SMARTS) is 1. The van der Waals surface area contributed by atoms with E-state index in [1.165, 1.54) is 12.1 Å². The van der Waals surface area contributed by atoms with Gasteiger partial charge in [0.15, 0.2) is 0 Å². The lowest BCUT2D eigenvalue weighted by Gasteiger charge is -2.30. The van der Waals surface area contributed by atoms with E-state index in [9.17, 15) is 19.5 Å². The molecule has 0 saturated heterocycles. The summed E-state index contributed by atoms with van der Waals surface area (Å²) in [5.41, 5.74) is 14.5. The van der Waals surface area contributed by atoms with Crippen molar-refractivity contribution >= 4 is 35.2 Å². The Morgan fingerprint density at radius 3 is 2.63 bits per heavy atom. The third kappa shape index (κ3) is 4.35. The summed E-state index contributed by atoms with van der Waals surface area (Å²) in [5, 5.41) is 20.8. The second-order valence-electron chi connectivity index (χ2n) is 6.87. The third-order valence-electron chi connectivity index (χ3n) is 4.87. The lowest BCUT2D eigenvalue weighted by molar-refractivity contribution is -0.135. The molecule has 0 fully saturated rings. The Hall–Kier alpha value is -4.01. The van der Waals surface area contributed by atoms with Crippen LogP contribution in [-0.4, -0.2) is 46.0 Å². The van der Waals surface area contributed by atoms with Crippen molar-refractivity contribution in [3.05, 3.63) is 58.7 Å². The third-order valence-corrected chi connectivity index (χ3v) is 4.87. The SMILES string of the molecule is Nc1cc2c(c(N)c1C(=O)NCC(=O)O)CCN(C(=O)/C=C/c1ccccc1O)C2. The highest BCUT2D eigenvalue weighted by Gasteiger charge is 2.26. The first-order valence-electron chi connectivity index (χ1n) is 9.22. The van der Waals surface area contributed by atoms with E-state index in [1.54, 1.807) is 35.2 Å². The van der Waals surface area contributed by atoms with E-state index in [0.717, 1.165) is 11.1 Å². The van der Waals surface area contributed by atoms with Crippen LogP contribution in [0, 0.1) is 0 Å². The zero-order valence-electron chi connectivity index (χ0n) is 16.1. The summed E-state index contributed by atoms with van der Waals surface area (Å²) >= 11 is 0. The van der Waals surface area contributed by atoms with Gasteiger partial charge in [0.05, 0.1) is 11.3 Å². The van der Waals surface area contributed by atoms with E-state index in [2.05, 4.69) is 5.32 Å². The van der Waals surface area contributed by atoms with Gasteiger partial charge in [-0.25, -0.2) is 0 Å². The van der Waals surface area contributed by atoms with E-state index >= 15 is 0 Å². The van der Waals surface area contributed by atoms with Gasteiger partial charge < -0.3 is 31.9 Å². The zero-order chi connectivity index (χ0) is 21.8. The van der Waals surface area contributed by atoms with E-state index in [-0.39, 0.29) is 35.1 Å². The molecule has 2 aromatic rings. The Morgan fingerprint density at radius 1 is 1.20 bits per heavy atom. The average molecular weight is 410 g/mol. The van der Waals surface area contributed by atoms with Crippen LogP contribution in [0.5, 0.6) is 5.75 Å². The topological polar surface area (TPSA) is 159 Å². The van der Waals surface area contributed by atoms with Crippen LogP contribution in [0.4, 0.5) is 11.4 Å². The number of fused-ring (bicyclic) bond motifs is 1. The summed E-state index contributed by atoms with van der Waals surface area (Å²) in [6.07, 6.45) is 3.36. The minimum atomic E-state index is -1.18. The summed E-state index contributed by atoms with van der Waals surface area (Å²) in [7, 11) is 0. The Kier molecular flexibility index (Phi) is 5.91. The van der Waals surface area contributed by atoms with Gasteiger partial charge in [-0.05, 0) is 35.8 Å². The Labute approximate surface area is 172 Å². The fraction of sp³-hybridized carbons (Fsp3) is 0.190. The Bertz CT molecular complexity index is 1050. The van der Waals surface area contributed by atoms with Crippen molar-refractivity contribution in [2.45, 2.75) is 13.0 Å². The number of phenols is 1. The second kappa shape index (κ2) is 8.56. The van der Waals surface area contributed by atoms with Crippen LogP contribution in [-0.2, 0) is 22.6 Å².